The van der Waals surface area contributed by atoms with E-state index in [1.165, 1.54) is 18.4 Å². The van der Waals surface area contributed by atoms with E-state index in [1.807, 2.05) is 32.9 Å². The van der Waals surface area contributed by atoms with Crippen molar-refractivity contribution < 1.29 is 47.5 Å². The average molecular weight is 844 g/mol. The maximum absolute atomic E-state index is 12.2. The Bertz CT molecular complexity index is 1620. The summed E-state index contributed by atoms with van der Waals surface area (Å²) < 4.78 is 44.5. The van der Waals surface area contributed by atoms with Gasteiger partial charge in [-0.3, -0.25) is 9.59 Å². The lowest BCUT2D eigenvalue weighted by atomic mass is 9.97. The molecule has 328 valence electrons. The number of methoxy groups -OCH3 is 1. The lowest BCUT2D eigenvalue weighted by Gasteiger charge is -2.29. The topological polar surface area (TPSA) is 164 Å². The molecule has 0 amide bonds. The van der Waals surface area contributed by atoms with Crippen LogP contribution < -0.4 is 4.90 Å². The van der Waals surface area contributed by atoms with Crippen LogP contribution >= 0.6 is 11.3 Å². The number of anilines is 1. The van der Waals surface area contributed by atoms with E-state index in [-0.39, 0.29) is 37.8 Å². The second-order valence-corrected chi connectivity index (χ2v) is 15.0. The smallest absolute Gasteiger partial charge is 0.309 e. The largest absolute Gasteiger partial charge is 0.469 e. The van der Waals surface area contributed by atoms with Crippen molar-refractivity contribution in [3.8, 4) is 6.07 Å². The molecule has 15 nitrogen and oxygen atoms in total. The molecule has 0 saturated heterocycles. The number of ether oxygens (including phenoxy) is 8. The summed E-state index contributed by atoms with van der Waals surface area (Å²) in [6, 6.07) is 8.08. The normalized spacial score (nSPS) is 12.4. The Morgan fingerprint density at radius 1 is 0.898 bits per heavy atom. The number of unbranched alkanes of at least 4 members (excludes halogenated alkanes) is 3. The number of azo groups is 1. The van der Waals surface area contributed by atoms with Crippen molar-refractivity contribution in [1.82, 2.24) is 0 Å². The van der Waals surface area contributed by atoms with E-state index >= 15 is 0 Å². The number of hydrogen-bond donors (Lipinski definition) is 0. The number of aryl methyl sites for hydroxylation is 1. The molecule has 0 bridgehead atoms. The molecule has 0 fully saturated rings. The summed E-state index contributed by atoms with van der Waals surface area (Å²) in [5, 5.41) is 18.5. The van der Waals surface area contributed by atoms with Crippen LogP contribution in [0.15, 0.2) is 28.4 Å². The molecule has 2 rings (SSSR count). The first-order valence-electron chi connectivity index (χ1n) is 20.5. The number of nitrogens with zero attached hydrogens (tertiary/aromatic N) is 5. The fourth-order valence-electron chi connectivity index (χ4n) is 5.76. The minimum atomic E-state index is -0.474. The molecule has 16 heteroatoms. The maximum Gasteiger partial charge on any atom is 0.309 e. The molecule has 0 spiro atoms. The average Bonchev–Trinajstić information content (AvgIpc) is 3.54. The highest BCUT2D eigenvalue weighted by molar-refractivity contribution is 7.17. The van der Waals surface area contributed by atoms with Gasteiger partial charge in [-0.15, -0.1) is 11.3 Å². The molecule has 2 unspecified atom stereocenters. The molecule has 59 heavy (non-hydrogen) atoms. The number of benzene rings is 1. The summed E-state index contributed by atoms with van der Waals surface area (Å²) in [6.07, 6.45) is 4.61. The van der Waals surface area contributed by atoms with Crippen LogP contribution in [-0.2, 0) is 47.5 Å². The molecule has 0 saturated carbocycles. The highest BCUT2D eigenvalue weighted by atomic mass is 32.1. The van der Waals surface area contributed by atoms with E-state index in [9.17, 15) is 14.9 Å². The zero-order valence-electron chi connectivity index (χ0n) is 36.1. The van der Waals surface area contributed by atoms with E-state index in [0.717, 1.165) is 43.5 Å². The van der Waals surface area contributed by atoms with E-state index < -0.39 is 11.9 Å². The van der Waals surface area contributed by atoms with Gasteiger partial charge in [0.1, 0.15) is 17.7 Å². The highest BCUT2D eigenvalue weighted by Crippen LogP contribution is 2.42. The lowest BCUT2D eigenvalue weighted by Crippen LogP contribution is -2.38. The van der Waals surface area contributed by atoms with Gasteiger partial charge in [0.15, 0.2) is 0 Å². The summed E-state index contributed by atoms with van der Waals surface area (Å²) in [7, 11) is 1.34. The van der Waals surface area contributed by atoms with Gasteiger partial charge in [0.2, 0.25) is 5.69 Å². The molecule has 0 radical (unpaired) electrons. The Morgan fingerprint density at radius 3 is 2.10 bits per heavy atom. The third-order valence-corrected chi connectivity index (χ3v) is 10.1. The molecule has 2 aromatic rings. The second kappa shape index (κ2) is 31.0. The summed E-state index contributed by atoms with van der Waals surface area (Å²) in [5.41, 5.74) is 3.63. The third-order valence-electron chi connectivity index (χ3n) is 9.07. The Hall–Kier alpha value is -4.00. The molecule has 0 aliphatic carbocycles. The first-order valence-corrected chi connectivity index (χ1v) is 21.4. The van der Waals surface area contributed by atoms with Crippen molar-refractivity contribution in [3.05, 3.63) is 45.6 Å². The number of nitriles is 1. The van der Waals surface area contributed by atoms with E-state index in [4.69, 9.17) is 44.5 Å². The number of rotatable bonds is 33. The zero-order chi connectivity index (χ0) is 43.3. The van der Waals surface area contributed by atoms with Gasteiger partial charge in [0, 0.05) is 18.8 Å². The molecule has 0 aliphatic heterocycles. The van der Waals surface area contributed by atoms with Gasteiger partial charge in [-0.25, -0.2) is 4.85 Å². The molecule has 0 N–H and O–H groups in total. The minimum absolute atomic E-state index is 0.0135. The third kappa shape index (κ3) is 20.7. The fourth-order valence-corrected chi connectivity index (χ4v) is 6.62. The lowest BCUT2D eigenvalue weighted by molar-refractivity contribution is -0.154. The minimum Gasteiger partial charge on any atom is -0.469 e. The number of esters is 2. The van der Waals surface area contributed by atoms with Crippen molar-refractivity contribution in [3.63, 3.8) is 0 Å². The summed E-state index contributed by atoms with van der Waals surface area (Å²) in [4.78, 5) is 30.4. The molecule has 1 aromatic heterocycles. The number of hydrogen-bond acceptors (Lipinski definition) is 15. The van der Waals surface area contributed by atoms with Gasteiger partial charge in [-0.2, -0.15) is 15.5 Å². The van der Waals surface area contributed by atoms with Gasteiger partial charge in [-0.05, 0) is 70.4 Å². The molecular formula is C43H65N5O10S. The quantitative estimate of drug-likeness (QED) is 0.0291. The Labute approximate surface area is 355 Å². The van der Waals surface area contributed by atoms with Crippen molar-refractivity contribution in [2.24, 2.45) is 16.1 Å². The van der Waals surface area contributed by atoms with Crippen LogP contribution in [0.2, 0.25) is 0 Å². The van der Waals surface area contributed by atoms with Crippen molar-refractivity contribution in [1.29, 1.82) is 5.26 Å². The van der Waals surface area contributed by atoms with Crippen molar-refractivity contribution in [2.45, 2.75) is 92.3 Å². The SMILES string of the molecule is [C-]#[N+]c1c(N=Nc2ccc(N(CC)CC(COC(C)C)OCCOCCOCCOCCOCCOC(=O)CC(CCCCCC)C(=O)OC)cc2C)sc(C#N)c1C. The van der Waals surface area contributed by atoms with E-state index in [1.54, 1.807) is 6.92 Å². The van der Waals surface area contributed by atoms with Gasteiger partial charge < -0.3 is 42.8 Å². The van der Waals surface area contributed by atoms with Gasteiger partial charge in [0.05, 0.1) is 115 Å². The maximum atomic E-state index is 12.2. The van der Waals surface area contributed by atoms with E-state index in [2.05, 4.69) is 46.0 Å². The number of carbonyl (C=O) groups excluding carboxylic acids is 2. The molecule has 2 atom stereocenters. The Balaban J connectivity index is 1.62. The molecular weight excluding hydrogens is 779 g/mol. The summed E-state index contributed by atoms with van der Waals surface area (Å²) in [6.45, 7) is 24.8. The predicted molar refractivity (Wildman–Crippen MR) is 227 cm³/mol. The first kappa shape index (κ1) is 51.1. The number of thiophene rings is 1. The van der Waals surface area contributed by atoms with Crippen LogP contribution in [0.1, 0.15) is 82.2 Å². The zero-order valence-corrected chi connectivity index (χ0v) is 36.9. The second-order valence-electron chi connectivity index (χ2n) is 14.0. The highest BCUT2D eigenvalue weighted by Gasteiger charge is 2.23. The number of likely N-dealkylation sites (N-methyl/N-ethyl adjacent to an activating group) is 1. The predicted octanol–water partition coefficient (Wildman–Crippen LogP) is 8.60. The summed E-state index contributed by atoms with van der Waals surface area (Å²) >= 11 is 1.17. The standard InChI is InChI=1S/C43H65N5O10S/c1-9-11-12-13-14-35(43(50)51-8)28-40(49)57-26-24-55-22-20-53-18-17-52-19-21-54-23-25-56-37(31-58-32(3)4)30-48(10-2)36-15-16-38(33(5)27-36)46-47-42-41(45-7)34(6)39(29-44)59-42/h15-16,27,32,35,37H,9-14,17-26,28,30-31H2,1-6,8H3. The Morgan fingerprint density at radius 2 is 1.54 bits per heavy atom. The molecule has 1 heterocycles. The van der Waals surface area contributed by atoms with Crippen LogP contribution in [0.25, 0.3) is 4.85 Å². The molecule has 0 aliphatic rings. The fraction of sp³-hybridized carbons (Fsp3) is 0.674. The monoisotopic (exact) mass is 843 g/mol. The first-order chi connectivity index (χ1) is 28.6. The van der Waals surface area contributed by atoms with Gasteiger partial charge in [0.25, 0.3) is 0 Å². The summed E-state index contributed by atoms with van der Waals surface area (Å²) in [5.74, 6) is -1.28. The van der Waals surface area contributed by atoms with Crippen molar-refractivity contribution >= 4 is 45.3 Å². The van der Waals surface area contributed by atoms with Crippen LogP contribution in [0.4, 0.5) is 22.1 Å². The molecule has 1 aromatic carbocycles. The number of carbonyl (C=O) groups is 2. The van der Waals surface area contributed by atoms with Crippen LogP contribution in [0.5, 0.6) is 0 Å². The van der Waals surface area contributed by atoms with E-state index in [0.29, 0.717) is 99.2 Å². The van der Waals surface area contributed by atoms with Crippen molar-refractivity contribution in [2.75, 3.05) is 97.8 Å². The van der Waals surface area contributed by atoms with Gasteiger partial charge in [-0.1, -0.05) is 32.6 Å². The van der Waals surface area contributed by atoms with Crippen LogP contribution in [0.3, 0.4) is 0 Å². The Kier molecular flexibility index (Phi) is 26.8. The van der Waals surface area contributed by atoms with Gasteiger partial charge >= 0.3 is 11.9 Å². The van der Waals surface area contributed by atoms with Crippen LogP contribution in [-0.4, -0.2) is 117 Å². The van der Waals surface area contributed by atoms with Crippen LogP contribution in [0, 0.1) is 37.7 Å².